The van der Waals surface area contributed by atoms with Crippen LogP contribution < -0.4 is 10.1 Å². The highest BCUT2D eigenvalue weighted by Gasteiger charge is 2.30. The number of benzene rings is 1. The Morgan fingerprint density at radius 2 is 2.09 bits per heavy atom. The maximum absolute atomic E-state index is 11.9. The fourth-order valence-electron chi connectivity index (χ4n) is 3.76. The number of ether oxygens (including phenoxy) is 1. The quantitative estimate of drug-likeness (QED) is 0.931. The van der Waals surface area contributed by atoms with Gasteiger partial charge in [0.2, 0.25) is 0 Å². The summed E-state index contributed by atoms with van der Waals surface area (Å²) in [5.41, 5.74) is 2.87. The summed E-state index contributed by atoms with van der Waals surface area (Å²) in [6, 6.07) is 7.01. The van der Waals surface area contributed by atoms with Gasteiger partial charge in [0.1, 0.15) is 5.75 Å². The standard InChI is InChI=1S/C18H27N3O2/c1-3-19-18(22)21-11-9-20(10-12-21)17-6-4-5-14-7-8-15(23-2)13-16(14)17/h7-8,13,17H,3-6,9-12H2,1-2H3,(H,19,22)/t17-/m0/s1. The van der Waals surface area contributed by atoms with Gasteiger partial charge in [-0.15, -0.1) is 0 Å². The predicted molar refractivity (Wildman–Crippen MR) is 90.9 cm³/mol. The normalized spacial score (nSPS) is 21.7. The highest BCUT2D eigenvalue weighted by Crippen LogP contribution is 2.36. The van der Waals surface area contributed by atoms with Crippen LogP contribution in [0.2, 0.25) is 0 Å². The number of nitrogens with zero attached hydrogens (tertiary/aromatic N) is 2. The topological polar surface area (TPSA) is 44.8 Å². The number of urea groups is 1. The molecule has 5 nitrogen and oxygen atoms in total. The minimum Gasteiger partial charge on any atom is -0.497 e. The Labute approximate surface area is 138 Å². The fourth-order valence-corrected chi connectivity index (χ4v) is 3.76. The first-order valence-corrected chi connectivity index (χ1v) is 8.66. The third-order valence-electron chi connectivity index (χ3n) is 5.01. The number of amides is 2. The Balaban J connectivity index is 1.69. The molecule has 1 N–H and O–H groups in total. The summed E-state index contributed by atoms with van der Waals surface area (Å²) >= 11 is 0. The summed E-state index contributed by atoms with van der Waals surface area (Å²) in [5, 5.41) is 2.89. The molecule has 1 aliphatic carbocycles. The van der Waals surface area contributed by atoms with Crippen LogP contribution in [0.1, 0.15) is 36.9 Å². The van der Waals surface area contributed by atoms with Crippen LogP contribution in [0, 0.1) is 0 Å². The molecule has 0 spiro atoms. The van der Waals surface area contributed by atoms with Gasteiger partial charge in [-0.2, -0.15) is 0 Å². The largest absolute Gasteiger partial charge is 0.497 e. The summed E-state index contributed by atoms with van der Waals surface area (Å²) in [6.45, 7) is 6.15. The molecule has 1 fully saturated rings. The average Bonchev–Trinajstić information content (AvgIpc) is 2.61. The third-order valence-corrected chi connectivity index (χ3v) is 5.01. The van der Waals surface area contributed by atoms with Crippen LogP contribution in [0.5, 0.6) is 5.75 Å². The molecule has 1 aromatic carbocycles. The third kappa shape index (κ3) is 3.44. The van der Waals surface area contributed by atoms with Gasteiger partial charge in [0.15, 0.2) is 0 Å². The first-order valence-electron chi connectivity index (χ1n) is 8.66. The molecular formula is C18H27N3O2. The minimum absolute atomic E-state index is 0.0675. The highest BCUT2D eigenvalue weighted by molar-refractivity contribution is 5.74. The van der Waals surface area contributed by atoms with Crippen LogP contribution in [-0.2, 0) is 6.42 Å². The predicted octanol–water partition coefficient (Wildman–Crippen LogP) is 2.42. The van der Waals surface area contributed by atoms with E-state index in [-0.39, 0.29) is 6.03 Å². The Hall–Kier alpha value is -1.75. The van der Waals surface area contributed by atoms with E-state index in [9.17, 15) is 4.79 Å². The number of fused-ring (bicyclic) bond motifs is 1. The molecule has 5 heteroatoms. The smallest absolute Gasteiger partial charge is 0.317 e. The number of rotatable bonds is 3. The van der Waals surface area contributed by atoms with Gasteiger partial charge < -0.3 is 15.0 Å². The van der Waals surface area contributed by atoms with Crippen molar-refractivity contribution in [1.29, 1.82) is 0 Å². The molecule has 0 unspecified atom stereocenters. The van der Waals surface area contributed by atoms with Gasteiger partial charge in [-0.1, -0.05) is 6.07 Å². The van der Waals surface area contributed by atoms with Gasteiger partial charge in [0.25, 0.3) is 0 Å². The van der Waals surface area contributed by atoms with Crippen molar-refractivity contribution in [1.82, 2.24) is 15.1 Å². The Morgan fingerprint density at radius 3 is 2.78 bits per heavy atom. The lowest BCUT2D eigenvalue weighted by molar-refractivity contribution is 0.100. The van der Waals surface area contributed by atoms with Crippen molar-refractivity contribution >= 4 is 6.03 Å². The van der Waals surface area contributed by atoms with Gasteiger partial charge in [0.05, 0.1) is 7.11 Å². The van der Waals surface area contributed by atoms with Gasteiger partial charge in [-0.3, -0.25) is 4.90 Å². The maximum Gasteiger partial charge on any atom is 0.317 e. The lowest BCUT2D eigenvalue weighted by Gasteiger charge is -2.41. The van der Waals surface area contributed by atoms with Crippen molar-refractivity contribution < 1.29 is 9.53 Å². The monoisotopic (exact) mass is 317 g/mol. The fraction of sp³-hybridized carbons (Fsp3) is 0.611. The summed E-state index contributed by atoms with van der Waals surface area (Å²) < 4.78 is 5.41. The van der Waals surface area contributed by atoms with Crippen molar-refractivity contribution in [2.45, 2.75) is 32.2 Å². The molecule has 1 aromatic rings. The van der Waals surface area contributed by atoms with Crippen molar-refractivity contribution in [3.05, 3.63) is 29.3 Å². The number of piperazine rings is 1. The van der Waals surface area contributed by atoms with E-state index in [4.69, 9.17) is 4.74 Å². The molecule has 0 aromatic heterocycles. The molecule has 23 heavy (non-hydrogen) atoms. The van der Waals surface area contributed by atoms with Crippen molar-refractivity contribution in [3.8, 4) is 5.75 Å². The first-order chi connectivity index (χ1) is 11.2. The Bertz CT molecular complexity index is 553. The zero-order valence-corrected chi connectivity index (χ0v) is 14.2. The van der Waals surface area contributed by atoms with Crippen LogP contribution in [0.25, 0.3) is 0 Å². The number of hydrogen-bond acceptors (Lipinski definition) is 3. The number of methoxy groups -OCH3 is 1. The molecule has 1 saturated heterocycles. The zero-order chi connectivity index (χ0) is 16.2. The molecule has 1 heterocycles. The number of hydrogen-bond donors (Lipinski definition) is 1. The van der Waals surface area contributed by atoms with Crippen LogP contribution in [0.3, 0.4) is 0 Å². The van der Waals surface area contributed by atoms with Gasteiger partial charge >= 0.3 is 6.03 Å². The van der Waals surface area contributed by atoms with E-state index in [1.165, 1.54) is 24.0 Å². The molecule has 0 saturated carbocycles. The van der Waals surface area contributed by atoms with E-state index in [0.29, 0.717) is 12.6 Å². The lowest BCUT2D eigenvalue weighted by Crippen LogP contribution is -2.52. The Morgan fingerprint density at radius 1 is 1.30 bits per heavy atom. The number of carbonyl (C=O) groups is 1. The summed E-state index contributed by atoms with van der Waals surface area (Å²) in [4.78, 5) is 16.4. The van der Waals surface area contributed by atoms with E-state index in [1.54, 1.807) is 7.11 Å². The first kappa shape index (κ1) is 16.1. The van der Waals surface area contributed by atoms with E-state index < -0.39 is 0 Å². The van der Waals surface area contributed by atoms with Gasteiger partial charge in [-0.05, 0) is 49.4 Å². The van der Waals surface area contributed by atoms with E-state index in [2.05, 4.69) is 28.4 Å². The molecule has 1 atom stereocenters. The zero-order valence-electron chi connectivity index (χ0n) is 14.2. The number of carbonyl (C=O) groups excluding carboxylic acids is 1. The molecule has 0 radical (unpaired) electrons. The molecule has 1 aliphatic heterocycles. The minimum atomic E-state index is 0.0675. The van der Waals surface area contributed by atoms with Gasteiger partial charge in [0, 0.05) is 38.8 Å². The molecule has 2 aliphatic rings. The molecule has 3 rings (SSSR count). The van der Waals surface area contributed by atoms with Crippen LogP contribution >= 0.6 is 0 Å². The molecule has 126 valence electrons. The highest BCUT2D eigenvalue weighted by atomic mass is 16.5. The summed E-state index contributed by atoms with van der Waals surface area (Å²) in [7, 11) is 1.73. The van der Waals surface area contributed by atoms with Crippen molar-refractivity contribution in [3.63, 3.8) is 0 Å². The maximum atomic E-state index is 11.9. The van der Waals surface area contributed by atoms with E-state index in [0.717, 1.165) is 38.3 Å². The van der Waals surface area contributed by atoms with Crippen LogP contribution in [-0.4, -0.2) is 55.7 Å². The average molecular weight is 317 g/mol. The molecule has 2 amide bonds. The summed E-state index contributed by atoms with van der Waals surface area (Å²) in [5.74, 6) is 0.941. The second-order valence-electron chi connectivity index (χ2n) is 6.33. The molecular weight excluding hydrogens is 290 g/mol. The van der Waals surface area contributed by atoms with Crippen LogP contribution in [0.4, 0.5) is 4.79 Å². The van der Waals surface area contributed by atoms with Crippen molar-refractivity contribution in [2.24, 2.45) is 0 Å². The van der Waals surface area contributed by atoms with Gasteiger partial charge in [-0.25, -0.2) is 4.79 Å². The van der Waals surface area contributed by atoms with E-state index >= 15 is 0 Å². The Kier molecular flexibility index (Phi) is 5.06. The second kappa shape index (κ2) is 7.21. The molecule has 0 bridgehead atoms. The SMILES string of the molecule is CCNC(=O)N1CCN([C@H]2CCCc3ccc(OC)cc32)CC1. The lowest BCUT2D eigenvalue weighted by atomic mass is 9.86. The van der Waals surface area contributed by atoms with Crippen molar-refractivity contribution in [2.75, 3.05) is 39.8 Å². The van der Waals surface area contributed by atoms with E-state index in [1.807, 2.05) is 11.8 Å². The number of nitrogens with one attached hydrogen (secondary N) is 1. The summed E-state index contributed by atoms with van der Waals surface area (Å²) in [6.07, 6.45) is 3.59. The number of aryl methyl sites for hydroxylation is 1. The van der Waals surface area contributed by atoms with Crippen LogP contribution in [0.15, 0.2) is 18.2 Å². The second-order valence-corrected chi connectivity index (χ2v) is 6.33.